The summed E-state index contributed by atoms with van der Waals surface area (Å²) in [5.74, 6) is 0. The van der Waals surface area contributed by atoms with Crippen molar-refractivity contribution in [2.75, 3.05) is 4.90 Å². The van der Waals surface area contributed by atoms with E-state index in [9.17, 15) is 0 Å². The molecule has 0 spiro atoms. The molecule has 0 radical (unpaired) electrons. The summed E-state index contributed by atoms with van der Waals surface area (Å²) in [5, 5.41) is 7.67. The van der Waals surface area contributed by atoms with Crippen molar-refractivity contribution >= 4 is 90.9 Å². The van der Waals surface area contributed by atoms with Crippen LogP contribution in [0.25, 0.3) is 84.5 Å². The van der Waals surface area contributed by atoms with Gasteiger partial charge in [0.25, 0.3) is 0 Å². The van der Waals surface area contributed by atoms with Crippen LogP contribution in [0.4, 0.5) is 17.1 Å². The van der Waals surface area contributed by atoms with Crippen molar-refractivity contribution < 1.29 is 0 Å². The highest BCUT2D eigenvalue weighted by Crippen LogP contribution is 2.51. The van der Waals surface area contributed by atoms with Gasteiger partial charge in [-0.1, -0.05) is 158 Å². The van der Waals surface area contributed by atoms with E-state index in [1.165, 1.54) is 95.9 Å². The second-order valence-corrected chi connectivity index (χ2v) is 16.1. The Morgan fingerprint density at radius 1 is 0.327 bits per heavy atom. The number of hydrogen-bond donors (Lipinski definition) is 0. The van der Waals surface area contributed by atoms with Gasteiger partial charge in [-0.05, 0) is 86.6 Å². The molecule has 0 bridgehead atoms. The van der Waals surface area contributed by atoms with Crippen molar-refractivity contribution in [2.45, 2.75) is 0 Å². The van der Waals surface area contributed by atoms with E-state index in [4.69, 9.17) is 0 Å². The molecule has 55 heavy (non-hydrogen) atoms. The first-order valence-electron chi connectivity index (χ1n) is 18.7. The van der Waals surface area contributed by atoms with Crippen molar-refractivity contribution in [3.05, 3.63) is 200 Å². The molecule has 11 rings (SSSR count). The highest BCUT2D eigenvalue weighted by Gasteiger charge is 2.23. The van der Waals surface area contributed by atoms with Crippen LogP contribution in [0.15, 0.2) is 200 Å². The molecule has 0 saturated heterocycles. The number of rotatable bonds is 6. The van der Waals surface area contributed by atoms with Crippen LogP contribution in [0.1, 0.15) is 0 Å². The van der Waals surface area contributed by atoms with Crippen molar-refractivity contribution in [3.8, 4) is 33.4 Å². The Morgan fingerprint density at radius 3 is 1.73 bits per heavy atom. The Hall–Kier alpha value is -6.52. The molecule has 1 nitrogen and oxygen atoms in total. The Balaban J connectivity index is 1.13. The van der Waals surface area contributed by atoms with Gasteiger partial charge in [0.1, 0.15) is 0 Å². The van der Waals surface area contributed by atoms with Gasteiger partial charge in [0.2, 0.25) is 0 Å². The maximum absolute atomic E-state index is 2.51. The second kappa shape index (κ2) is 13.1. The molecule has 3 heteroatoms. The Morgan fingerprint density at radius 2 is 0.945 bits per heavy atom. The summed E-state index contributed by atoms with van der Waals surface area (Å²) in [6, 6.07) is 73.3. The van der Waals surface area contributed by atoms with Crippen LogP contribution < -0.4 is 4.90 Å². The van der Waals surface area contributed by atoms with Gasteiger partial charge in [0.05, 0.1) is 16.1 Å². The largest absolute Gasteiger partial charge is 0.308 e. The Kier molecular flexibility index (Phi) is 7.61. The van der Waals surface area contributed by atoms with E-state index in [1.54, 1.807) is 0 Å². The van der Waals surface area contributed by atoms with E-state index in [0.717, 1.165) is 5.69 Å². The van der Waals surface area contributed by atoms with Crippen molar-refractivity contribution in [3.63, 3.8) is 0 Å². The predicted molar refractivity (Wildman–Crippen MR) is 241 cm³/mol. The molecule has 9 aromatic carbocycles. The minimum absolute atomic E-state index is 1.13. The fraction of sp³-hybridized carbons (Fsp3) is 0. The van der Waals surface area contributed by atoms with E-state index in [2.05, 4.69) is 205 Å². The molecule has 0 saturated carbocycles. The molecule has 0 unspecified atom stereocenters. The predicted octanol–water partition coefficient (Wildman–Crippen LogP) is 16.0. The van der Waals surface area contributed by atoms with Gasteiger partial charge in [-0.2, -0.15) is 0 Å². The monoisotopic (exact) mass is 735 g/mol. The van der Waals surface area contributed by atoms with E-state index >= 15 is 0 Å². The second-order valence-electron chi connectivity index (χ2n) is 14.0. The third-order valence-electron chi connectivity index (χ3n) is 10.9. The molecule has 2 aromatic heterocycles. The highest BCUT2D eigenvalue weighted by molar-refractivity contribution is 7.27. The molecule has 0 aliphatic heterocycles. The van der Waals surface area contributed by atoms with E-state index in [-0.39, 0.29) is 0 Å². The smallest absolute Gasteiger partial charge is 0.0640 e. The normalized spacial score (nSPS) is 11.6. The van der Waals surface area contributed by atoms with Crippen LogP contribution in [0.3, 0.4) is 0 Å². The summed E-state index contributed by atoms with van der Waals surface area (Å²) in [7, 11) is 0. The average Bonchev–Trinajstić information content (AvgIpc) is 3.84. The lowest BCUT2D eigenvalue weighted by atomic mass is 9.94. The van der Waals surface area contributed by atoms with Gasteiger partial charge in [-0.25, -0.2) is 0 Å². The summed E-state index contributed by atoms with van der Waals surface area (Å²) >= 11 is 3.77. The lowest BCUT2D eigenvalue weighted by Crippen LogP contribution is -2.10. The highest BCUT2D eigenvalue weighted by atomic mass is 32.1. The minimum Gasteiger partial charge on any atom is -0.308 e. The molecule has 258 valence electrons. The number of benzene rings is 9. The topological polar surface area (TPSA) is 3.24 Å². The number of hydrogen-bond acceptors (Lipinski definition) is 3. The first-order chi connectivity index (χ1) is 27.3. The third kappa shape index (κ3) is 5.35. The lowest BCUT2D eigenvalue weighted by molar-refractivity contribution is 1.32. The molecule has 0 atom stereocenters. The van der Waals surface area contributed by atoms with Gasteiger partial charge in [-0.3, -0.25) is 0 Å². The first kappa shape index (κ1) is 32.0. The van der Waals surface area contributed by atoms with Gasteiger partial charge < -0.3 is 4.90 Å². The van der Waals surface area contributed by atoms with Crippen molar-refractivity contribution in [1.29, 1.82) is 0 Å². The standard InChI is InChI=1S/C52H33NS2/c1-3-13-35(14-4-1)40-20-11-17-37-25-26-38(33-45(37)40)34-27-29-39(30-28-34)53(47-22-12-21-43-42-18-7-9-23-48(42)54-51(43)47)46-32-31-41(36-15-5-2-6-16-36)52-50(46)44-19-8-10-24-49(44)55-52/h1-33H. The Labute approximate surface area is 327 Å². The molecule has 0 amide bonds. The molecule has 0 fully saturated rings. The average molecular weight is 736 g/mol. The minimum atomic E-state index is 1.13. The zero-order chi connectivity index (χ0) is 36.3. The molecule has 0 aliphatic carbocycles. The molecular formula is C52H33NS2. The summed E-state index contributed by atoms with van der Waals surface area (Å²) < 4.78 is 5.19. The number of fused-ring (bicyclic) bond motifs is 7. The number of anilines is 3. The van der Waals surface area contributed by atoms with Crippen LogP contribution in [-0.2, 0) is 0 Å². The molecule has 2 heterocycles. The maximum atomic E-state index is 2.51. The van der Waals surface area contributed by atoms with Crippen LogP contribution in [0.5, 0.6) is 0 Å². The van der Waals surface area contributed by atoms with Gasteiger partial charge in [0, 0.05) is 41.3 Å². The summed E-state index contributed by atoms with van der Waals surface area (Å²) in [5.41, 5.74) is 10.9. The maximum Gasteiger partial charge on any atom is 0.0640 e. The number of nitrogens with zero attached hydrogens (tertiary/aromatic N) is 1. The molecular weight excluding hydrogens is 703 g/mol. The zero-order valence-corrected chi connectivity index (χ0v) is 31.4. The first-order valence-corrected chi connectivity index (χ1v) is 20.3. The zero-order valence-electron chi connectivity index (χ0n) is 29.8. The van der Waals surface area contributed by atoms with Crippen LogP contribution in [-0.4, -0.2) is 0 Å². The summed E-state index contributed by atoms with van der Waals surface area (Å²) in [6.45, 7) is 0. The lowest BCUT2D eigenvalue weighted by Gasteiger charge is -2.28. The van der Waals surface area contributed by atoms with Crippen molar-refractivity contribution in [1.82, 2.24) is 0 Å². The van der Waals surface area contributed by atoms with Gasteiger partial charge in [-0.15, -0.1) is 22.7 Å². The Bertz CT molecular complexity index is 3190. The molecule has 11 aromatic rings. The van der Waals surface area contributed by atoms with E-state index in [1.807, 2.05) is 22.7 Å². The van der Waals surface area contributed by atoms with Gasteiger partial charge >= 0.3 is 0 Å². The third-order valence-corrected chi connectivity index (χ3v) is 13.3. The quantitative estimate of drug-likeness (QED) is 0.164. The molecule has 0 aliphatic rings. The fourth-order valence-corrected chi connectivity index (χ4v) is 10.7. The molecule has 0 N–H and O–H groups in total. The summed E-state index contributed by atoms with van der Waals surface area (Å²) in [4.78, 5) is 2.51. The van der Waals surface area contributed by atoms with E-state index < -0.39 is 0 Å². The van der Waals surface area contributed by atoms with Crippen LogP contribution in [0.2, 0.25) is 0 Å². The van der Waals surface area contributed by atoms with Gasteiger partial charge in [0.15, 0.2) is 0 Å². The SMILES string of the molecule is c1ccc(-c2cccc3ccc(-c4ccc(N(c5cccc6c5sc5ccccc56)c5ccc(-c6ccccc6)c6sc7ccccc7c56)cc4)cc23)cc1. The van der Waals surface area contributed by atoms with Crippen LogP contribution in [0, 0.1) is 0 Å². The van der Waals surface area contributed by atoms with Crippen molar-refractivity contribution in [2.24, 2.45) is 0 Å². The van der Waals surface area contributed by atoms with E-state index in [0.29, 0.717) is 0 Å². The number of thiophene rings is 2. The fourth-order valence-electron chi connectivity index (χ4n) is 8.28. The summed E-state index contributed by atoms with van der Waals surface area (Å²) in [6.07, 6.45) is 0. The van der Waals surface area contributed by atoms with Crippen LogP contribution >= 0.6 is 22.7 Å².